The van der Waals surface area contributed by atoms with Gasteiger partial charge < -0.3 is 44.8 Å². The molecule has 0 spiro atoms. The summed E-state index contributed by atoms with van der Waals surface area (Å²) in [4.78, 5) is 85.7. The third-order valence-corrected chi connectivity index (χ3v) is 10.4. The molecule has 3 aliphatic rings. The van der Waals surface area contributed by atoms with E-state index in [0.29, 0.717) is 93.5 Å². The molecule has 0 aliphatic carbocycles. The number of nitrogen functional groups attached to an aromatic ring is 1. The number of amides is 5. The van der Waals surface area contributed by atoms with Gasteiger partial charge in [0.15, 0.2) is 11.5 Å². The average molecular weight is 833 g/mol. The number of piperidine rings is 1. The van der Waals surface area contributed by atoms with Crippen molar-refractivity contribution >= 4 is 63.9 Å². The van der Waals surface area contributed by atoms with E-state index in [-0.39, 0.29) is 43.1 Å². The maximum atomic E-state index is 13.2. The number of carbonyl (C=O) groups excluding carboxylic acids is 5. The highest BCUT2D eigenvalue weighted by atomic mass is 16.5. The molecule has 3 aliphatic heterocycles. The molecule has 5 N–H and O–H groups in total. The van der Waals surface area contributed by atoms with Gasteiger partial charge in [-0.15, -0.1) is 0 Å². The van der Waals surface area contributed by atoms with Crippen LogP contribution in [0, 0.1) is 0 Å². The first kappa shape index (κ1) is 40.7. The van der Waals surface area contributed by atoms with Gasteiger partial charge in [-0.25, -0.2) is 15.0 Å². The second-order valence-electron chi connectivity index (χ2n) is 14.4. The molecule has 0 radical (unpaired) electrons. The molecule has 6 heterocycles. The van der Waals surface area contributed by atoms with Crippen molar-refractivity contribution in [2.24, 2.45) is 0 Å². The fourth-order valence-corrected chi connectivity index (χ4v) is 7.36. The van der Waals surface area contributed by atoms with Gasteiger partial charge in [-0.1, -0.05) is 6.07 Å². The van der Waals surface area contributed by atoms with Gasteiger partial charge in [0.2, 0.25) is 17.7 Å². The Kier molecular flexibility index (Phi) is 12.3. The minimum atomic E-state index is -1.03. The highest BCUT2D eigenvalue weighted by molar-refractivity contribution is 6.25. The largest absolute Gasteiger partial charge is 0.382 e. The van der Waals surface area contributed by atoms with E-state index < -0.39 is 29.7 Å². The van der Waals surface area contributed by atoms with Gasteiger partial charge in [0.05, 0.1) is 56.6 Å². The quantitative estimate of drug-likeness (QED) is 0.0771. The number of hydrogen-bond acceptors (Lipinski definition) is 16. The summed E-state index contributed by atoms with van der Waals surface area (Å²) in [6.07, 6.45) is 8.60. The lowest BCUT2D eigenvalue weighted by molar-refractivity contribution is -0.137. The lowest BCUT2D eigenvalue weighted by Gasteiger charge is -2.36. The van der Waals surface area contributed by atoms with Crippen molar-refractivity contribution in [2.75, 3.05) is 93.6 Å². The maximum absolute atomic E-state index is 13.2. The molecule has 1 unspecified atom stereocenters. The van der Waals surface area contributed by atoms with Gasteiger partial charge in [0.1, 0.15) is 29.9 Å². The van der Waals surface area contributed by atoms with Crippen LogP contribution in [0.5, 0.6) is 0 Å². The number of rotatable bonds is 17. The Bertz CT molecular complexity index is 2440. The Labute approximate surface area is 349 Å². The normalized spacial score (nSPS) is 16.6. The van der Waals surface area contributed by atoms with E-state index in [1.54, 1.807) is 35.5 Å². The average Bonchev–Trinajstić information content (AvgIpc) is 3.85. The van der Waals surface area contributed by atoms with E-state index >= 15 is 0 Å². The number of carbonyl (C=O) groups is 5. The number of imide groups is 2. The zero-order valence-corrected chi connectivity index (χ0v) is 33.1. The van der Waals surface area contributed by atoms with Gasteiger partial charge in [0.25, 0.3) is 11.8 Å². The van der Waals surface area contributed by atoms with Gasteiger partial charge in [-0.05, 0) is 42.8 Å². The molecule has 0 saturated carbocycles. The molecule has 20 nitrogen and oxygen atoms in total. The monoisotopic (exact) mass is 832 g/mol. The van der Waals surface area contributed by atoms with Crippen LogP contribution < -0.4 is 26.6 Å². The standard InChI is InChI=1S/C41H44N12O8/c42-33-23-43-22-30(47-33)31-24-52-12-10-45-38(52)37(48-31)46-26-4-6-27(7-5-26)50-13-15-51(16-14-50)35(55)25-61-21-20-60-19-18-59-17-11-44-29-3-1-2-28-36(29)41(58)53(40(28)57)32-8-9-34(54)49-39(32)56/h1-7,10,12,22-24,32,44H,8-9,11,13-21,25H2,(H2,42,47)(H,46,48)(H,49,54,56). The first-order valence-corrected chi connectivity index (χ1v) is 19.9. The lowest BCUT2D eigenvalue weighted by atomic mass is 10.0. The number of aromatic nitrogens is 5. The Morgan fingerprint density at radius 3 is 2.41 bits per heavy atom. The molecule has 316 valence electrons. The molecular weight excluding hydrogens is 789 g/mol. The SMILES string of the molecule is Nc1cncc(-c2cn3ccnc3c(Nc3ccc(N4CCN(C(=O)COCCOCCOCCNc5cccc6c5C(=O)N(C5CCC(=O)NC5=O)C6=O)CC4)cc3)n2)n1. The van der Waals surface area contributed by atoms with Crippen molar-refractivity contribution in [3.05, 3.63) is 84.6 Å². The van der Waals surface area contributed by atoms with Crippen molar-refractivity contribution in [2.45, 2.75) is 18.9 Å². The molecule has 0 bridgehead atoms. The summed E-state index contributed by atoms with van der Waals surface area (Å²) in [5, 5.41) is 8.70. The van der Waals surface area contributed by atoms with Crippen LogP contribution in [0.2, 0.25) is 0 Å². The number of anilines is 5. The topological polar surface area (TPSA) is 241 Å². The molecular formula is C41H44N12O8. The van der Waals surface area contributed by atoms with Crippen LogP contribution in [0.25, 0.3) is 17.0 Å². The number of ether oxygens (including phenoxy) is 3. The summed E-state index contributed by atoms with van der Waals surface area (Å²) < 4.78 is 18.7. The Hall–Kier alpha value is -7.03. The maximum Gasteiger partial charge on any atom is 0.264 e. The predicted octanol–water partition coefficient (Wildman–Crippen LogP) is 1.72. The van der Waals surface area contributed by atoms with E-state index in [1.165, 1.54) is 6.20 Å². The number of nitrogens with zero attached hydrogens (tertiary/aromatic N) is 8. The van der Waals surface area contributed by atoms with E-state index in [9.17, 15) is 24.0 Å². The molecule has 5 amide bonds. The van der Waals surface area contributed by atoms with Crippen LogP contribution in [0.15, 0.2) is 73.4 Å². The molecule has 3 aromatic heterocycles. The summed E-state index contributed by atoms with van der Waals surface area (Å²) in [5.74, 6) is -1.42. The molecule has 2 aromatic carbocycles. The van der Waals surface area contributed by atoms with E-state index in [4.69, 9.17) is 24.9 Å². The van der Waals surface area contributed by atoms with Crippen LogP contribution in [0.3, 0.4) is 0 Å². The third kappa shape index (κ3) is 9.25. The summed E-state index contributed by atoms with van der Waals surface area (Å²) in [6.45, 7) is 4.36. The fourth-order valence-electron chi connectivity index (χ4n) is 7.36. The fraction of sp³-hybridized carbons (Fsp3) is 0.341. The number of benzene rings is 2. The summed E-state index contributed by atoms with van der Waals surface area (Å²) in [7, 11) is 0. The van der Waals surface area contributed by atoms with Gasteiger partial charge in [-0.2, -0.15) is 0 Å². The summed E-state index contributed by atoms with van der Waals surface area (Å²) in [6, 6.07) is 11.9. The Morgan fingerprint density at radius 2 is 1.64 bits per heavy atom. The minimum Gasteiger partial charge on any atom is -0.382 e. The third-order valence-electron chi connectivity index (χ3n) is 10.4. The zero-order valence-electron chi connectivity index (χ0n) is 33.1. The Balaban J connectivity index is 0.692. The van der Waals surface area contributed by atoms with Gasteiger partial charge >= 0.3 is 0 Å². The van der Waals surface area contributed by atoms with Crippen LogP contribution in [0.1, 0.15) is 33.6 Å². The second kappa shape index (κ2) is 18.5. The molecule has 5 aromatic rings. The smallest absolute Gasteiger partial charge is 0.264 e. The lowest BCUT2D eigenvalue weighted by Crippen LogP contribution is -2.54. The first-order valence-electron chi connectivity index (χ1n) is 19.9. The van der Waals surface area contributed by atoms with Crippen LogP contribution >= 0.6 is 0 Å². The van der Waals surface area contributed by atoms with Crippen molar-refractivity contribution in [3.63, 3.8) is 0 Å². The van der Waals surface area contributed by atoms with Gasteiger partial charge in [0, 0.05) is 74.8 Å². The molecule has 2 fully saturated rings. The van der Waals surface area contributed by atoms with E-state index in [1.807, 2.05) is 41.1 Å². The van der Waals surface area contributed by atoms with Crippen LogP contribution in [-0.2, 0) is 28.6 Å². The van der Waals surface area contributed by atoms with E-state index in [2.05, 4.69) is 35.8 Å². The van der Waals surface area contributed by atoms with Crippen LogP contribution in [0.4, 0.5) is 28.7 Å². The number of nitrogens with one attached hydrogen (secondary N) is 3. The Morgan fingerprint density at radius 1 is 0.869 bits per heavy atom. The van der Waals surface area contributed by atoms with Crippen molar-refractivity contribution in [3.8, 4) is 11.4 Å². The number of fused-ring (bicyclic) bond motifs is 2. The minimum absolute atomic E-state index is 0.0300. The predicted molar refractivity (Wildman–Crippen MR) is 221 cm³/mol. The van der Waals surface area contributed by atoms with E-state index in [0.717, 1.165) is 16.3 Å². The number of nitrogens with two attached hydrogens (primary N) is 1. The molecule has 2 saturated heterocycles. The highest BCUT2D eigenvalue weighted by Gasteiger charge is 2.45. The number of hydrogen-bond donors (Lipinski definition) is 4. The van der Waals surface area contributed by atoms with Crippen molar-refractivity contribution in [1.82, 2.24) is 39.5 Å². The molecule has 8 rings (SSSR count). The van der Waals surface area contributed by atoms with Crippen molar-refractivity contribution < 1.29 is 38.2 Å². The zero-order chi connectivity index (χ0) is 42.3. The van der Waals surface area contributed by atoms with Gasteiger partial charge in [-0.3, -0.25) is 39.2 Å². The van der Waals surface area contributed by atoms with Crippen LogP contribution in [-0.4, -0.2) is 142 Å². The summed E-state index contributed by atoms with van der Waals surface area (Å²) >= 11 is 0. The second-order valence-corrected chi connectivity index (χ2v) is 14.4. The first-order chi connectivity index (χ1) is 29.7. The molecule has 20 heteroatoms. The molecule has 1 atom stereocenters. The summed E-state index contributed by atoms with van der Waals surface area (Å²) in [5.41, 5.74) is 10.4. The number of imidazole rings is 1. The van der Waals surface area contributed by atoms with Crippen molar-refractivity contribution in [1.29, 1.82) is 0 Å². The number of piperazine rings is 1. The highest BCUT2D eigenvalue weighted by Crippen LogP contribution is 2.32. The molecule has 61 heavy (non-hydrogen) atoms.